The molecule has 0 spiro atoms. The van der Waals surface area contributed by atoms with Crippen LogP contribution in [0.2, 0.25) is 0 Å². The third kappa shape index (κ3) is 2.21. The Morgan fingerprint density at radius 2 is 2.12 bits per heavy atom. The van der Waals surface area contributed by atoms with Gasteiger partial charge < -0.3 is 9.32 Å². The lowest BCUT2D eigenvalue weighted by atomic mass is 10.2. The van der Waals surface area contributed by atoms with E-state index in [0.717, 1.165) is 23.8 Å². The van der Waals surface area contributed by atoms with E-state index in [4.69, 9.17) is 4.42 Å². The molecule has 2 heterocycles. The Morgan fingerprint density at radius 1 is 1.31 bits per heavy atom. The van der Waals surface area contributed by atoms with Crippen LogP contribution in [-0.4, -0.2) is 17.0 Å². The van der Waals surface area contributed by atoms with Crippen LogP contribution in [0, 0.1) is 13.8 Å². The molecule has 16 heavy (non-hydrogen) atoms. The standard InChI is InChI=1S/C12H15N3O/c1-9-6-12(14-8-13-9)15(3)7-11-4-5-16-10(11)2/h4-6,8H,7H2,1-3H3. The highest BCUT2D eigenvalue weighted by molar-refractivity contribution is 5.39. The van der Waals surface area contributed by atoms with Gasteiger partial charge in [-0.2, -0.15) is 0 Å². The fraction of sp³-hybridized carbons (Fsp3) is 0.333. The Labute approximate surface area is 94.9 Å². The zero-order valence-corrected chi connectivity index (χ0v) is 9.77. The van der Waals surface area contributed by atoms with E-state index in [1.807, 2.05) is 33.0 Å². The number of rotatable bonds is 3. The van der Waals surface area contributed by atoms with Gasteiger partial charge in [0.05, 0.1) is 6.26 Å². The Bertz CT molecular complexity index is 479. The zero-order chi connectivity index (χ0) is 11.5. The van der Waals surface area contributed by atoms with Crippen molar-refractivity contribution >= 4 is 5.82 Å². The summed E-state index contributed by atoms with van der Waals surface area (Å²) in [6.07, 6.45) is 3.30. The lowest BCUT2D eigenvalue weighted by Crippen LogP contribution is -2.18. The van der Waals surface area contributed by atoms with Crippen molar-refractivity contribution in [2.24, 2.45) is 0 Å². The number of hydrogen-bond donors (Lipinski definition) is 0. The summed E-state index contributed by atoms with van der Waals surface area (Å²) in [6.45, 7) is 4.72. The summed E-state index contributed by atoms with van der Waals surface area (Å²) < 4.78 is 5.27. The molecule has 2 rings (SSSR count). The summed E-state index contributed by atoms with van der Waals surface area (Å²) in [4.78, 5) is 10.4. The molecule has 0 fully saturated rings. The maximum atomic E-state index is 5.27. The molecule has 84 valence electrons. The monoisotopic (exact) mass is 217 g/mol. The average molecular weight is 217 g/mol. The van der Waals surface area contributed by atoms with Gasteiger partial charge >= 0.3 is 0 Å². The Kier molecular flexibility index (Phi) is 2.90. The van der Waals surface area contributed by atoms with E-state index in [1.165, 1.54) is 5.56 Å². The van der Waals surface area contributed by atoms with Gasteiger partial charge in [0.2, 0.25) is 0 Å². The normalized spacial score (nSPS) is 10.4. The molecule has 0 bridgehead atoms. The second kappa shape index (κ2) is 4.35. The lowest BCUT2D eigenvalue weighted by molar-refractivity contribution is 0.529. The van der Waals surface area contributed by atoms with Crippen molar-refractivity contribution in [2.75, 3.05) is 11.9 Å². The van der Waals surface area contributed by atoms with Gasteiger partial charge in [-0.25, -0.2) is 9.97 Å². The van der Waals surface area contributed by atoms with Gasteiger partial charge in [-0.3, -0.25) is 0 Å². The lowest BCUT2D eigenvalue weighted by Gasteiger charge is -2.17. The predicted octanol–water partition coefficient (Wildman–Crippen LogP) is 2.32. The molecule has 0 aliphatic carbocycles. The second-order valence-electron chi connectivity index (χ2n) is 3.88. The van der Waals surface area contributed by atoms with Crippen molar-refractivity contribution in [3.63, 3.8) is 0 Å². The molecule has 0 N–H and O–H groups in total. The number of aryl methyl sites for hydroxylation is 2. The van der Waals surface area contributed by atoms with E-state index in [-0.39, 0.29) is 0 Å². The third-order valence-electron chi connectivity index (χ3n) is 2.55. The number of furan rings is 1. The highest BCUT2D eigenvalue weighted by atomic mass is 16.3. The molecular weight excluding hydrogens is 202 g/mol. The summed E-state index contributed by atoms with van der Waals surface area (Å²) in [6, 6.07) is 3.95. The van der Waals surface area contributed by atoms with Crippen LogP contribution in [-0.2, 0) is 6.54 Å². The maximum Gasteiger partial charge on any atom is 0.132 e. The van der Waals surface area contributed by atoms with E-state index < -0.39 is 0 Å². The minimum absolute atomic E-state index is 0.790. The van der Waals surface area contributed by atoms with E-state index in [1.54, 1.807) is 12.6 Å². The molecule has 0 amide bonds. The predicted molar refractivity (Wildman–Crippen MR) is 62.3 cm³/mol. The number of hydrogen-bond acceptors (Lipinski definition) is 4. The van der Waals surface area contributed by atoms with Gasteiger partial charge in [0.1, 0.15) is 17.9 Å². The molecule has 0 saturated heterocycles. The smallest absolute Gasteiger partial charge is 0.132 e. The SMILES string of the molecule is Cc1cc(N(C)Cc2ccoc2C)ncn1. The topological polar surface area (TPSA) is 42.2 Å². The van der Waals surface area contributed by atoms with Crippen LogP contribution in [0.4, 0.5) is 5.82 Å². The highest BCUT2D eigenvalue weighted by Gasteiger charge is 2.07. The molecule has 0 saturated carbocycles. The minimum atomic E-state index is 0.790. The number of nitrogens with zero attached hydrogens (tertiary/aromatic N) is 3. The molecule has 4 heteroatoms. The fourth-order valence-corrected chi connectivity index (χ4v) is 1.56. The highest BCUT2D eigenvalue weighted by Crippen LogP contribution is 2.15. The van der Waals surface area contributed by atoms with Crippen LogP contribution in [0.3, 0.4) is 0 Å². The van der Waals surface area contributed by atoms with Crippen LogP contribution in [0.15, 0.2) is 29.1 Å². The summed E-state index contributed by atoms with van der Waals surface area (Å²) in [5.74, 6) is 1.88. The van der Waals surface area contributed by atoms with Gasteiger partial charge in [0.25, 0.3) is 0 Å². The van der Waals surface area contributed by atoms with Gasteiger partial charge in [0, 0.05) is 30.9 Å². The maximum absolute atomic E-state index is 5.27. The van der Waals surface area contributed by atoms with Gasteiger partial charge in [0.15, 0.2) is 0 Å². The van der Waals surface area contributed by atoms with Crippen molar-refractivity contribution in [1.29, 1.82) is 0 Å². The Balaban J connectivity index is 2.14. The van der Waals surface area contributed by atoms with Crippen molar-refractivity contribution in [2.45, 2.75) is 20.4 Å². The number of anilines is 1. The first-order valence-electron chi connectivity index (χ1n) is 5.19. The Morgan fingerprint density at radius 3 is 2.75 bits per heavy atom. The van der Waals surface area contributed by atoms with Crippen LogP contribution in [0.25, 0.3) is 0 Å². The zero-order valence-electron chi connectivity index (χ0n) is 9.77. The summed E-state index contributed by atoms with van der Waals surface area (Å²) >= 11 is 0. The van der Waals surface area contributed by atoms with Crippen molar-refractivity contribution < 1.29 is 4.42 Å². The minimum Gasteiger partial charge on any atom is -0.469 e. The summed E-state index contributed by atoms with van der Waals surface area (Å²) in [5, 5.41) is 0. The summed E-state index contributed by atoms with van der Waals surface area (Å²) in [5.41, 5.74) is 2.15. The van der Waals surface area contributed by atoms with Gasteiger partial charge in [-0.05, 0) is 19.9 Å². The van der Waals surface area contributed by atoms with E-state index in [0.29, 0.717) is 0 Å². The molecule has 0 aromatic carbocycles. The molecule has 0 aliphatic rings. The molecule has 0 atom stereocenters. The summed E-state index contributed by atoms with van der Waals surface area (Å²) in [7, 11) is 2.01. The Hall–Kier alpha value is -1.84. The van der Waals surface area contributed by atoms with Gasteiger partial charge in [-0.1, -0.05) is 0 Å². The largest absolute Gasteiger partial charge is 0.469 e. The first-order valence-corrected chi connectivity index (χ1v) is 5.19. The van der Waals surface area contributed by atoms with E-state index >= 15 is 0 Å². The molecular formula is C12H15N3O. The van der Waals surface area contributed by atoms with Crippen LogP contribution >= 0.6 is 0 Å². The van der Waals surface area contributed by atoms with Crippen molar-refractivity contribution in [1.82, 2.24) is 9.97 Å². The number of aromatic nitrogens is 2. The van der Waals surface area contributed by atoms with Crippen LogP contribution in [0.1, 0.15) is 17.0 Å². The second-order valence-corrected chi connectivity index (χ2v) is 3.88. The first kappa shape index (κ1) is 10.7. The molecule has 4 nitrogen and oxygen atoms in total. The molecule has 2 aromatic rings. The van der Waals surface area contributed by atoms with Crippen molar-refractivity contribution in [3.05, 3.63) is 41.7 Å². The molecule has 0 unspecified atom stereocenters. The molecule has 2 aromatic heterocycles. The molecule has 0 aliphatic heterocycles. The molecule has 0 radical (unpaired) electrons. The van der Waals surface area contributed by atoms with Crippen molar-refractivity contribution in [3.8, 4) is 0 Å². The van der Waals surface area contributed by atoms with E-state index in [2.05, 4.69) is 14.9 Å². The quantitative estimate of drug-likeness (QED) is 0.791. The average Bonchev–Trinajstić information content (AvgIpc) is 2.64. The van der Waals surface area contributed by atoms with Gasteiger partial charge in [-0.15, -0.1) is 0 Å². The first-order chi connectivity index (χ1) is 7.66. The van der Waals surface area contributed by atoms with Crippen LogP contribution in [0.5, 0.6) is 0 Å². The van der Waals surface area contributed by atoms with E-state index in [9.17, 15) is 0 Å². The third-order valence-corrected chi connectivity index (χ3v) is 2.55. The van der Waals surface area contributed by atoms with Crippen LogP contribution < -0.4 is 4.90 Å². The fourth-order valence-electron chi connectivity index (χ4n) is 1.56.